The molecular formula is C23H25N3O5S. The first kappa shape index (κ1) is 22.2. The van der Waals surface area contributed by atoms with Crippen LogP contribution in [0.3, 0.4) is 0 Å². The average Bonchev–Trinajstić information content (AvgIpc) is 2.82. The molecule has 168 valence electrons. The summed E-state index contributed by atoms with van der Waals surface area (Å²) in [5.74, 6) is 0.0305. The number of nitro groups is 1. The van der Waals surface area contributed by atoms with Crippen LogP contribution >= 0.6 is 0 Å². The molecule has 32 heavy (non-hydrogen) atoms. The second-order valence-electron chi connectivity index (χ2n) is 7.81. The van der Waals surface area contributed by atoms with Crippen molar-refractivity contribution in [1.29, 1.82) is 0 Å². The zero-order valence-electron chi connectivity index (χ0n) is 18.0. The van der Waals surface area contributed by atoms with Gasteiger partial charge in [0.1, 0.15) is 0 Å². The molecule has 1 unspecified atom stereocenters. The number of hydrogen-bond donors (Lipinski definition) is 0. The highest BCUT2D eigenvalue weighted by Crippen LogP contribution is 2.31. The van der Waals surface area contributed by atoms with Crippen molar-refractivity contribution >= 4 is 26.5 Å². The first-order chi connectivity index (χ1) is 15.3. The number of methoxy groups -OCH3 is 1. The van der Waals surface area contributed by atoms with Crippen LogP contribution in [0.5, 0.6) is 5.75 Å². The first-order valence-corrected chi connectivity index (χ1v) is 11.8. The predicted octanol–water partition coefficient (Wildman–Crippen LogP) is 3.82. The van der Waals surface area contributed by atoms with Crippen LogP contribution in [0.25, 0.3) is 10.8 Å². The lowest BCUT2D eigenvalue weighted by Gasteiger charge is -2.37. The van der Waals surface area contributed by atoms with Gasteiger partial charge < -0.3 is 4.74 Å². The van der Waals surface area contributed by atoms with E-state index in [1.54, 1.807) is 0 Å². The number of hydrogen-bond acceptors (Lipinski definition) is 6. The quantitative estimate of drug-likeness (QED) is 0.414. The third-order valence-corrected chi connectivity index (χ3v) is 7.96. The maximum Gasteiger partial charge on any atom is 0.312 e. The molecule has 0 saturated carbocycles. The number of benzene rings is 3. The van der Waals surface area contributed by atoms with Gasteiger partial charge in [-0.15, -0.1) is 0 Å². The van der Waals surface area contributed by atoms with E-state index in [-0.39, 0.29) is 22.4 Å². The van der Waals surface area contributed by atoms with Crippen molar-refractivity contribution < 1.29 is 18.1 Å². The summed E-state index contributed by atoms with van der Waals surface area (Å²) >= 11 is 0. The summed E-state index contributed by atoms with van der Waals surface area (Å²) in [4.78, 5) is 12.8. The SMILES string of the molecule is COc1ccc(S(=O)(=O)N2CCN(C(C)c3ccc4ccccc4c3)CC2)cc1[N+](=O)[O-]. The second kappa shape index (κ2) is 8.85. The minimum absolute atomic E-state index is 0.0305. The zero-order chi connectivity index (χ0) is 22.9. The Morgan fingerprint density at radius 2 is 1.66 bits per heavy atom. The number of ether oxygens (including phenoxy) is 1. The van der Waals surface area contributed by atoms with Crippen LogP contribution in [0, 0.1) is 10.1 Å². The smallest absolute Gasteiger partial charge is 0.312 e. The van der Waals surface area contributed by atoms with E-state index in [0.717, 1.165) is 6.07 Å². The van der Waals surface area contributed by atoms with Crippen LogP contribution in [-0.2, 0) is 10.0 Å². The summed E-state index contributed by atoms with van der Waals surface area (Å²) in [6.45, 7) is 3.91. The predicted molar refractivity (Wildman–Crippen MR) is 122 cm³/mol. The molecule has 0 amide bonds. The molecule has 0 N–H and O–H groups in total. The zero-order valence-corrected chi connectivity index (χ0v) is 18.8. The van der Waals surface area contributed by atoms with E-state index >= 15 is 0 Å². The van der Waals surface area contributed by atoms with Crippen LogP contribution in [0.2, 0.25) is 0 Å². The van der Waals surface area contributed by atoms with Crippen molar-refractivity contribution in [2.24, 2.45) is 0 Å². The van der Waals surface area contributed by atoms with Gasteiger partial charge in [-0.1, -0.05) is 36.4 Å². The van der Waals surface area contributed by atoms with Crippen molar-refractivity contribution in [3.63, 3.8) is 0 Å². The van der Waals surface area contributed by atoms with E-state index in [1.807, 2.05) is 12.1 Å². The van der Waals surface area contributed by atoms with Crippen molar-refractivity contribution in [2.45, 2.75) is 17.9 Å². The fourth-order valence-corrected chi connectivity index (χ4v) is 5.57. The van der Waals surface area contributed by atoms with E-state index in [0.29, 0.717) is 26.2 Å². The number of sulfonamides is 1. The fourth-order valence-electron chi connectivity index (χ4n) is 4.13. The standard InChI is InChI=1S/C23H25N3O5S/c1-17(19-8-7-18-5-3-4-6-20(18)15-19)24-11-13-25(14-12-24)32(29,30)21-9-10-23(31-2)22(16-21)26(27)28/h3-10,15-17H,11-14H2,1-2H3. The van der Waals surface area contributed by atoms with E-state index < -0.39 is 14.9 Å². The molecule has 8 nitrogen and oxygen atoms in total. The lowest BCUT2D eigenvalue weighted by Crippen LogP contribution is -2.49. The minimum atomic E-state index is -3.84. The van der Waals surface area contributed by atoms with Gasteiger partial charge in [-0.3, -0.25) is 15.0 Å². The third kappa shape index (κ3) is 4.19. The average molecular weight is 456 g/mol. The van der Waals surface area contributed by atoms with Gasteiger partial charge in [0.2, 0.25) is 10.0 Å². The van der Waals surface area contributed by atoms with Crippen LogP contribution in [0.15, 0.2) is 65.6 Å². The molecule has 0 aromatic heterocycles. The summed E-state index contributed by atoms with van der Waals surface area (Å²) in [7, 11) is -2.53. The number of piperazine rings is 1. The Labute approximate surface area is 187 Å². The van der Waals surface area contributed by atoms with E-state index in [9.17, 15) is 18.5 Å². The molecule has 3 aromatic carbocycles. The summed E-state index contributed by atoms with van der Waals surface area (Å²) in [5.41, 5.74) is 0.822. The van der Waals surface area contributed by atoms with E-state index in [1.165, 1.54) is 39.9 Å². The largest absolute Gasteiger partial charge is 0.490 e. The highest BCUT2D eigenvalue weighted by Gasteiger charge is 2.32. The molecule has 1 atom stereocenters. The maximum atomic E-state index is 13.1. The Balaban J connectivity index is 1.49. The number of nitrogens with zero attached hydrogens (tertiary/aromatic N) is 3. The van der Waals surface area contributed by atoms with Crippen molar-refractivity contribution in [2.75, 3.05) is 33.3 Å². The van der Waals surface area contributed by atoms with E-state index in [4.69, 9.17) is 4.74 Å². The minimum Gasteiger partial charge on any atom is -0.490 e. The molecule has 1 aliphatic heterocycles. The van der Waals surface area contributed by atoms with Gasteiger partial charge in [-0.25, -0.2) is 8.42 Å². The van der Waals surface area contributed by atoms with Gasteiger partial charge >= 0.3 is 5.69 Å². The van der Waals surface area contributed by atoms with Gasteiger partial charge in [0.25, 0.3) is 0 Å². The van der Waals surface area contributed by atoms with Gasteiger partial charge in [0.15, 0.2) is 5.75 Å². The Hall–Kier alpha value is -3.01. The van der Waals surface area contributed by atoms with Crippen LogP contribution in [0.4, 0.5) is 5.69 Å². The fraction of sp³-hybridized carbons (Fsp3) is 0.304. The molecule has 9 heteroatoms. The van der Waals surface area contributed by atoms with Crippen molar-refractivity contribution in [3.8, 4) is 5.75 Å². The Bertz CT molecular complexity index is 1250. The highest BCUT2D eigenvalue weighted by molar-refractivity contribution is 7.89. The lowest BCUT2D eigenvalue weighted by molar-refractivity contribution is -0.386. The Morgan fingerprint density at radius 1 is 0.969 bits per heavy atom. The van der Waals surface area contributed by atoms with Crippen molar-refractivity contribution in [1.82, 2.24) is 9.21 Å². The molecule has 3 aromatic rings. The summed E-state index contributed by atoms with van der Waals surface area (Å²) in [6, 6.07) is 18.5. The lowest BCUT2D eigenvalue weighted by atomic mass is 10.0. The molecular weight excluding hydrogens is 430 g/mol. The monoisotopic (exact) mass is 455 g/mol. The normalized spacial score (nSPS) is 16.7. The van der Waals surface area contributed by atoms with E-state index in [2.05, 4.69) is 42.2 Å². The van der Waals surface area contributed by atoms with Gasteiger partial charge in [0, 0.05) is 38.3 Å². The second-order valence-corrected chi connectivity index (χ2v) is 9.75. The molecule has 1 aliphatic rings. The topological polar surface area (TPSA) is 93.0 Å². The van der Waals surface area contributed by atoms with Gasteiger partial charge in [-0.2, -0.15) is 4.31 Å². The maximum absolute atomic E-state index is 13.1. The molecule has 1 saturated heterocycles. The van der Waals surface area contributed by atoms with Crippen LogP contribution < -0.4 is 4.74 Å². The molecule has 1 heterocycles. The highest BCUT2D eigenvalue weighted by atomic mass is 32.2. The van der Waals surface area contributed by atoms with Crippen LogP contribution in [-0.4, -0.2) is 55.8 Å². The van der Waals surface area contributed by atoms with Gasteiger partial charge in [-0.05, 0) is 41.5 Å². The van der Waals surface area contributed by atoms with Gasteiger partial charge in [0.05, 0.1) is 16.9 Å². The Kier molecular flexibility index (Phi) is 6.14. The molecule has 4 rings (SSSR count). The number of nitro benzene ring substituents is 1. The molecule has 0 spiro atoms. The molecule has 0 bridgehead atoms. The number of rotatable bonds is 6. The third-order valence-electron chi connectivity index (χ3n) is 6.06. The summed E-state index contributed by atoms with van der Waals surface area (Å²) in [5, 5.41) is 13.6. The molecule has 1 fully saturated rings. The van der Waals surface area contributed by atoms with Crippen LogP contribution in [0.1, 0.15) is 18.5 Å². The number of fused-ring (bicyclic) bond motifs is 1. The summed E-state index contributed by atoms with van der Waals surface area (Å²) in [6.07, 6.45) is 0. The molecule has 0 radical (unpaired) electrons. The Morgan fingerprint density at radius 3 is 2.31 bits per heavy atom. The summed E-state index contributed by atoms with van der Waals surface area (Å²) < 4.78 is 32.6. The first-order valence-electron chi connectivity index (χ1n) is 10.4. The molecule has 0 aliphatic carbocycles. The van der Waals surface area contributed by atoms with Crippen molar-refractivity contribution in [3.05, 3.63) is 76.3 Å².